The Morgan fingerprint density at radius 3 is 2.17 bits per heavy atom. The van der Waals surface area contributed by atoms with Crippen molar-refractivity contribution in [3.05, 3.63) is 12.2 Å². The molecule has 0 aromatic heterocycles. The number of carboxylic acids is 1. The van der Waals surface area contributed by atoms with Crippen LogP contribution in [0.1, 0.15) is 90.9 Å². The summed E-state index contributed by atoms with van der Waals surface area (Å²) >= 11 is 0. The van der Waals surface area contributed by atoms with Gasteiger partial charge in [-0.15, -0.1) is 0 Å². The monoisotopic (exact) mass is 340 g/mol. The Labute approximate surface area is 147 Å². The number of aliphatic hydroxyl groups excluding tert-OH is 1. The Morgan fingerprint density at radius 1 is 0.917 bits per heavy atom. The maximum absolute atomic E-state index is 11.2. The first-order chi connectivity index (χ1) is 11.5. The SMILES string of the molecule is CCCCCC[C@@H](O)CC=CCCCCCCC(C(C)=O)C(=O)O. The summed E-state index contributed by atoms with van der Waals surface area (Å²) in [5.74, 6) is -2.08. The predicted molar refractivity (Wildman–Crippen MR) is 98.0 cm³/mol. The van der Waals surface area contributed by atoms with Crippen LogP contribution in [-0.4, -0.2) is 28.1 Å². The molecule has 2 N–H and O–H groups in total. The van der Waals surface area contributed by atoms with Gasteiger partial charge in [0.1, 0.15) is 11.7 Å². The van der Waals surface area contributed by atoms with Crippen molar-refractivity contribution in [1.82, 2.24) is 0 Å². The third-order valence-electron chi connectivity index (χ3n) is 4.37. The summed E-state index contributed by atoms with van der Waals surface area (Å²) in [5, 5.41) is 18.8. The van der Waals surface area contributed by atoms with Crippen LogP contribution in [0.15, 0.2) is 12.2 Å². The van der Waals surface area contributed by atoms with Gasteiger partial charge >= 0.3 is 5.97 Å². The minimum absolute atomic E-state index is 0.211. The van der Waals surface area contributed by atoms with E-state index in [-0.39, 0.29) is 11.9 Å². The van der Waals surface area contributed by atoms with Crippen molar-refractivity contribution in [2.45, 2.75) is 97.0 Å². The first-order valence-electron chi connectivity index (χ1n) is 9.55. The van der Waals surface area contributed by atoms with E-state index in [1.807, 2.05) is 0 Å². The van der Waals surface area contributed by atoms with Gasteiger partial charge in [-0.3, -0.25) is 9.59 Å². The van der Waals surface area contributed by atoms with Crippen molar-refractivity contribution in [2.24, 2.45) is 5.92 Å². The van der Waals surface area contributed by atoms with Crippen LogP contribution in [0.3, 0.4) is 0 Å². The van der Waals surface area contributed by atoms with Gasteiger partial charge in [0.05, 0.1) is 6.10 Å². The largest absolute Gasteiger partial charge is 0.481 e. The van der Waals surface area contributed by atoms with Crippen molar-refractivity contribution < 1.29 is 19.8 Å². The standard InChI is InChI=1S/C20H36O4/c1-3-4-5-11-14-18(22)15-12-9-7-6-8-10-13-16-19(17(2)21)20(23)24/h9,12,18-19,22H,3-8,10-11,13-16H2,1-2H3,(H,23,24)/t18-,19?/m1/s1. The Balaban J connectivity index is 3.52. The van der Waals surface area contributed by atoms with E-state index in [0.717, 1.165) is 51.4 Å². The van der Waals surface area contributed by atoms with Gasteiger partial charge in [0.25, 0.3) is 0 Å². The van der Waals surface area contributed by atoms with E-state index in [4.69, 9.17) is 5.11 Å². The van der Waals surface area contributed by atoms with Crippen LogP contribution in [0.4, 0.5) is 0 Å². The fourth-order valence-corrected chi connectivity index (χ4v) is 2.76. The molecule has 0 rings (SSSR count). The summed E-state index contributed by atoms with van der Waals surface area (Å²) in [6.45, 7) is 3.54. The summed E-state index contributed by atoms with van der Waals surface area (Å²) in [7, 11) is 0. The van der Waals surface area contributed by atoms with Crippen molar-refractivity contribution >= 4 is 11.8 Å². The molecule has 24 heavy (non-hydrogen) atoms. The predicted octanol–water partition coefficient (Wildman–Crippen LogP) is 4.89. The van der Waals surface area contributed by atoms with Gasteiger partial charge < -0.3 is 10.2 Å². The third-order valence-corrected chi connectivity index (χ3v) is 4.37. The second-order valence-corrected chi connectivity index (χ2v) is 6.70. The minimum atomic E-state index is -1.00. The summed E-state index contributed by atoms with van der Waals surface area (Å²) in [6, 6.07) is 0. The van der Waals surface area contributed by atoms with Crippen LogP contribution in [0.25, 0.3) is 0 Å². The molecule has 0 saturated heterocycles. The number of rotatable bonds is 16. The van der Waals surface area contributed by atoms with Crippen molar-refractivity contribution in [3.8, 4) is 0 Å². The van der Waals surface area contributed by atoms with Crippen molar-refractivity contribution in [2.75, 3.05) is 0 Å². The Bertz CT molecular complexity index is 349. The van der Waals surface area contributed by atoms with Crippen molar-refractivity contribution in [1.29, 1.82) is 0 Å². The van der Waals surface area contributed by atoms with Gasteiger partial charge in [0.2, 0.25) is 0 Å². The van der Waals surface area contributed by atoms with E-state index < -0.39 is 11.9 Å². The Kier molecular flexibility index (Phi) is 14.6. The van der Waals surface area contributed by atoms with Crippen molar-refractivity contribution in [3.63, 3.8) is 0 Å². The number of carbonyl (C=O) groups is 2. The zero-order valence-corrected chi connectivity index (χ0v) is 15.5. The van der Waals surface area contributed by atoms with Crippen LogP contribution in [0.2, 0.25) is 0 Å². The van der Waals surface area contributed by atoms with Gasteiger partial charge in [-0.05, 0) is 39.0 Å². The van der Waals surface area contributed by atoms with E-state index in [0.29, 0.717) is 6.42 Å². The van der Waals surface area contributed by atoms with Gasteiger partial charge in [-0.25, -0.2) is 0 Å². The molecule has 0 spiro atoms. The number of aliphatic carboxylic acids is 1. The lowest BCUT2D eigenvalue weighted by Gasteiger charge is -2.08. The van der Waals surface area contributed by atoms with Gasteiger partial charge in [-0.2, -0.15) is 0 Å². The van der Waals surface area contributed by atoms with Crippen LogP contribution >= 0.6 is 0 Å². The number of carboxylic acid groups (broad SMARTS) is 1. The van der Waals surface area contributed by atoms with Crippen LogP contribution in [-0.2, 0) is 9.59 Å². The number of hydrogen-bond donors (Lipinski definition) is 2. The maximum atomic E-state index is 11.2. The maximum Gasteiger partial charge on any atom is 0.314 e. The molecule has 0 aliphatic rings. The van der Waals surface area contributed by atoms with E-state index in [1.54, 1.807) is 0 Å². The highest BCUT2D eigenvalue weighted by molar-refractivity contribution is 5.96. The lowest BCUT2D eigenvalue weighted by Crippen LogP contribution is -2.21. The number of aliphatic hydroxyl groups is 1. The molecule has 140 valence electrons. The molecule has 0 radical (unpaired) electrons. The molecule has 0 saturated carbocycles. The lowest BCUT2D eigenvalue weighted by molar-refractivity contribution is -0.146. The zero-order valence-electron chi connectivity index (χ0n) is 15.5. The molecule has 0 aromatic rings. The van der Waals surface area contributed by atoms with Gasteiger partial charge in [0.15, 0.2) is 0 Å². The van der Waals surface area contributed by atoms with Crippen LogP contribution < -0.4 is 0 Å². The molecule has 0 bridgehead atoms. The molecule has 0 aromatic carbocycles. The fraction of sp³-hybridized carbons (Fsp3) is 0.800. The number of unbranched alkanes of at least 4 members (excludes halogenated alkanes) is 7. The fourth-order valence-electron chi connectivity index (χ4n) is 2.76. The molecule has 1 unspecified atom stereocenters. The number of ketones is 1. The summed E-state index contributed by atoms with van der Waals surface area (Å²) in [4.78, 5) is 22.0. The summed E-state index contributed by atoms with van der Waals surface area (Å²) in [5.41, 5.74) is 0. The minimum Gasteiger partial charge on any atom is -0.481 e. The molecule has 4 nitrogen and oxygen atoms in total. The third kappa shape index (κ3) is 13.3. The normalized spacial score (nSPS) is 14.0. The highest BCUT2D eigenvalue weighted by Gasteiger charge is 2.21. The number of carbonyl (C=O) groups excluding carboxylic acids is 1. The Hall–Kier alpha value is -1.16. The molecular weight excluding hydrogens is 304 g/mol. The molecule has 0 aliphatic heterocycles. The second kappa shape index (κ2) is 15.4. The average Bonchev–Trinajstić information content (AvgIpc) is 2.52. The zero-order chi connectivity index (χ0) is 18.2. The number of Topliss-reactive ketones (excluding diaryl/α,β-unsaturated/α-hetero) is 1. The van der Waals surface area contributed by atoms with Gasteiger partial charge in [-0.1, -0.05) is 64.0 Å². The quantitative estimate of drug-likeness (QED) is 0.238. The molecule has 4 heteroatoms. The van der Waals surface area contributed by atoms with E-state index in [2.05, 4.69) is 19.1 Å². The van der Waals surface area contributed by atoms with Crippen LogP contribution in [0, 0.1) is 5.92 Å². The molecule has 0 aliphatic carbocycles. The van der Waals surface area contributed by atoms with E-state index in [9.17, 15) is 14.7 Å². The molecule has 0 amide bonds. The molecule has 0 heterocycles. The average molecular weight is 341 g/mol. The summed E-state index contributed by atoms with van der Waals surface area (Å²) in [6.07, 6.45) is 15.7. The summed E-state index contributed by atoms with van der Waals surface area (Å²) < 4.78 is 0. The highest BCUT2D eigenvalue weighted by Crippen LogP contribution is 2.14. The number of hydrogen-bond acceptors (Lipinski definition) is 3. The highest BCUT2D eigenvalue weighted by atomic mass is 16.4. The van der Waals surface area contributed by atoms with Gasteiger partial charge in [0, 0.05) is 0 Å². The first kappa shape index (κ1) is 22.8. The second-order valence-electron chi connectivity index (χ2n) is 6.70. The topological polar surface area (TPSA) is 74.6 Å². The number of allylic oxidation sites excluding steroid dienone is 1. The molecular formula is C20H36O4. The lowest BCUT2D eigenvalue weighted by atomic mass is 9.97. The van der Waals surface area contributed by atoms with Crippen LogP contribution in [0.5, 0.6) is 0 Å². The van der Waals surface area contributed by atoms with E-state index in [1.165, 1.54) is 26.2 Å². The first-order valence-corrected chi connectivity index (χ1v) is 9.55. The molecule has 2 atom stereocenters. The van der Waals surface area contributed by atoms with E-state index >= 15 is 0 Å². The Morgan fingerprint density at radius 2 is 1.54 bits per heavy atom. The smallest absolute Gasteiger partial charge is 0.314 e. The molecule has 0 fully saturated rings.